The molecule has 1 aliphatic carbocycles. The molecule has 2 N–H and O–H groups in total. The molecule has 1 rings (SSSR count). The van der Waals surface area contributed by atoms with Gasteiger partial charge in [0.1, 0.15) is 0 Å². The summed E-state index contributed by atoms with van der Waals surface area (Å²) in [6, 6.07) is 0.0476. The van der Waals surface area contributed by atoms with Crippen LogP contribution in [0.2, 0.25) is 0 Å². The van der Waals surface area contributed by atoms with Gasteiger partial charge in [-0.05, 0) is 32.7 Å². The second-order valence-corrected chi connectivity index (χ2v) is 5.11. The molecule has 0 heterocycles. The molecule has 0 radical (unpaired) electrons. The summed E-state index contributed by atoms with van der Waals surface area (Å²) in [5.74, 6) is 0.566. The van der Waals surface area contributed by atoms with Gasteiger partial charge in [0.05, 0.1) is 19.3 Å². The zero-order valence-corrected chi connectivity index (χ0v) is 11.0. The summed E-state index contributed by atoms with van der Waals surface area (Å²) in [5, 5.41) is 12.1. The second kappa shape index (κ2) is 6.93. The molecule has 5 heteroatoms. The molecular weight excluding hydrogens is 220 g/mol. The fraction of sp³-hybridized carbons (Fsp3) is 0.917. The number of carbonyl (C=O) groups is 1. The number of likely N-dealkylation sites (N-methyl/N-ethyl adjacent to an activating group) is 1. The summed E-state index contributed by atoms with van der Waals surface area (Å²) in [5.41, 5.74) is 0. The fourth-order valence-corrected chi connectivity index (χ4v) is 2.21. The van der Waals surface area contributed by atoms with Crippen LogP contribution in [0.4, 0.5) is 0 Å². The van der Waals surface area contributed by atoms with E-state index in [1.54, 1.807) is 7.11 Å². The van der Waals surface area contributed by atoms with Gasteiger partial charge in [0, 0.05) is 19.7 Å². The summed E-state index contributed by atoms with van der Waals surface area (Å²) < 4.78 is 4.96. The average molecular weight is 244 g/mol. The van der Waals surface area contributed by atoms with Crippen LogP contribution in [0.3, 0.4) is 0 Å². The zero-order chi connectivity index (χ0) is 12.8. The van der Waals surface area contributed by atoms with Crippen LogP contribution in [0.1, 0.15) is 19.8 Å². The molecule has 0 saturated heterocycles. The molecule has 0 aromatic rings. The van der Waals surface area contributed by atoms with E-state index >= 15 is 0 Å². The van der Waals surface area contributed by atoms with Crippen molar-refractivity contribution < 1.29 is 14.6 Å². The highest BCUT2D eigenvalue weighted by molar-refractivity contribution is 5.78. The van der Waals surface area contributed by atoms with E-state index in [0.29, 0.717) is 19.1 Å². The Balaban J connectivity index is 2.12. The Labute approximate surface area is 103 Å². The van der Waals surface area contributed by atoms with Gasteiger partial charge in [-0.1, -0.05) is 0 Å². The third kappa shape index (κ3) is 5.48. The van der Waals surface area contributed by atoms with Crippen LogP contribution in [0.15, 0.2) is 0 Å². The molecular formula is C12H24N2O3. The van der Waals surface area contributed by atoms with E-state index in [9.17, 15) is 9.90 Å². The number of aliphatic hydroxyl groups excluding tert-OH is 1. The van der Waals surface area contributed by atoms with E-state index < -0.39 is 0 Å². The predicted octanol–water partition coefficient (Wildman–Crippen LogP) is -0.160. The Hall–Kier alpha value is -0.650. The lowest BCUT2D eigenvalue weighted by Gasteiger charge is -2.34. The molecule has 1 aliphatic rings. The van der Waals surface area contributed by atoms with E-state index in [4.69, 9.17) is 4.74 Å². The lowest BCUT2D eigenvalue weighted by atomic mass is 9.82. The van der Waals surface area contributed by atoms with E-state index in [-0.39, 0.29) is 18.1 Å². The van der Waals surface area contributed by atoms with Crippen LogP contribution < -0.4 is 5.32 Å². The summed E-state index contributed by atoms with van der Waals surface area (Å²) >= 11 is 0. The van der Waals surface area contributed by atoms with E-state index in [2.05, 4.69) is 5.32 Å². The number of nitrogens with one attached hydrogen (secondary N) is 1. The highest BCUT2D eigenvalue weighted by Crippen LogP contribution is 2.27. The molecule has 0 spiro atoms. The summed E-state index contributed by atoms with van der Waals surface area (Å²) in [4.78, 5) is 13.6. The van der Waals surface area contributed by atoms with Crippen LogP contribution in [-0.2, 0) is 9.53 Å². The van der Waals surface area contributed by atoms with Gasteiger partial charge in [-0.25, -0.2) is 0 Å². The van der Waals surface area contributed by atoms with Crippen LogP contribution in [-0.4, -0.2) is 61.9 Å². The summed E-state index contributed by atoms with van der Waals surface area (Å²) in [7, 11) is 3.56. The van der Waals surface area contributed by atoms with Crippen molar-refractivity contribution in [2.24, 2.45) is 5.92 Å². The lowest BCUT2D eigenvalue weighted by molar-refractivity contribution is -0.123. The number of aliphatic hydroxyl groups is 1. The van der Waals surface area contributed by atoms with Crippen molar-refractivity contribution in [3.05, 3.63) is 0 Å². The SMILES string of the molecule is COCC(C)NC(=O)CN(C)CC1CC(O)C1. The fourth-order valence-electron chi connectivity index (χ4n) is 2.21. The van der Waals surface area contributed by atoms with Crippen molar-refractivity contribution in [2.45, 2.75) is 31.9 Å². The van der Waals surface area contributed by atoms with Crippen molar-refractivity contribution in [1.82, 2.24) is 10.2 Å². The number of ether oxygens (including phenoxy) is 1. The first-order valence-corrected chi connectivity index (χ1v) is 6.16. The van der Waals surface area contributed by atoms with Gasteiger partial charge in [0.15, 0.2) is 0 Å². The number of rotatable bonds is 7. The molecule has 17 heavy (non-hydrogen) atoms. The Bertz CT molecular complexity index is 242. The van der Waals surface area contributed by atoms with Gasteiger partial charge in [0.2, 0.25) is 5.91 Å². The van der Waals surface area contributed by atoms with Crippen molar-refractivity contribution in [2.75, 3.05) is 33.9 Å². The molecule has 5 nitrogen and oxygen atoms in total. The van der Waals surface area contributed by atoms with E-state index in [0.717, 1.165) is 19.4 Å². The molecule has 1 amide bonds. The minimum absolute atomic E-state index is 0.0249. The highest BCUT2D eigenvalue weighted by Gasteiger charge is 2.28. The smallest absolute Gasteiger partial charge is 0.234 e. The number of hydrogen-bond acceptors (Lipinski definition) is 4. The molecule has 0 aromatic heterocycles. The molecule has 1 atom stereocenters. The maximum absolute atomic E-state index is 11.6. The number of nitrogens with zero attached hydrogens (tertiary/aromatic N) is 1. The summed E-state index contributed by atoms with van der Waals surface area (Å²) in [6.45, 7) is 3.73. The first-order valence-electron chi connectivity index (χ1n) is 6.16. The number of hydrogen-bond donors (Lipinski definition) is 2. The normalized spacial score (nSPS) is 25.5. The van der Waals surface area contributed by atoms with Gasteiger partial charge in [-0.15, -0.1) is 0 Å². The lowest BCUT2D eigenvalue weighted by Crippen LogP contribution is -2.44. The van der Waals surface area contributed by atoms with Crippen LogP contribution in [0.5, 0.6) is 0 Å². The molecule has 0 bridgehead atoms. The van der Waals surface area contributed by atoms with Gasteiger partial charge < -0.3 is 15.2 Å². The number of methoxy groups -OCH3 is 1. The molecule has 100 valence electrons. The van der Waals surface area contributed by atoms with Crippen molar-refractivity contribution >= 4 is 5.91 Å². The quantitative estimate of drug-likeness (QED) is 0.653. The Morgan fingerprint density at radius 3 is 2.76 bits per heavy atom. The van der Waals surface area contributed by atoms with Crippen molar-refractivity contribution in [3.8, 4) is 0 Å². The van der Waals surface area contributed by atoms with Gasteiger partial charge in [-0.2, -0.15) is 0 Å². The number of carbonyl (C=O) groups excluding carboxylic acids is 1. The maximum Gasteiger partial charge on any atom is 0.234 e. The zero-order valence-electron chi connectivity index (χ0n) is 11.0. The molecule has 1 saturated carbocycles. The van der Waals surface area contributed by atoms with Crippen LogP contribution >= 0.6 is 0 Å². The highest BCUT2D eigenvalue weighted by atomic mass is 16.5. The monoisotopic (exact) mass is 244 g/mol. The largest absolute Gasteiger partial charge is 0.393 e. The Morgan fingerprint density at radius 2 is 2.24 bits per heavy atom. The van der Waals surface area contributed by atoms with E-state index in [1.165, 1.54) is 0 Å². The predicted molar refractivity (Wildman–Crippen MR) is 65.7 cm³/mol. The second-order valence-electron chi connectivity index (χ2n) is 5.11. The van der Waals surface area contributed by atoms with Crippen molar-refractivity contribution in [3.63, 3.8) is 0 Å². The Kier molecular flexibility index (Phi) is 5.88. The Morgan fingerprint density at radius 1 is 1.59 bits per heavy atom. The topological polar surface area (TPSA) is 61.8 Å². The molecule has 0 aliphatic heterocycles. The van der Waals surface area contributed by atoms with Crippen LogP contribution in [0.25, 0.3) is 0 Å². The molecule has 0 aromatic carbocycles. The minimum Gasteiger partial charge on any atom is -0.393 e. The molecule has 1 unspecified atom stereocenters. The third-order valence-corrected chi connectivity index (χ3v) is 3.02. The minimum atomic E-state index is -0.121. The average Bonchev–Trinajstić information content (AvgIpc) is 2.14. The van der Waals surface area contributed by atoms with E-state index in [1.807, 2.05) is 18.9 Å². The summed E-state index contributed by atoms with van der Waals surface area (Å²) in [6.07, 6.45) is 1.61. The van der Waals surface area contributed by atoms with Crippen molar-refractivity contribution in [1.29, 1.82) is 0 Å². The van der Waals surface area contributed by atoms with Gasteiger partial charge >= 0.3 is 0 Å². The first kappa shape index (κ1) is 14.4. The molecule has 1 fully saturated rings. The van der Waals surface area contributed by atoms with Gasteiger partial charge in [-0.3, -0.25) is 9.69 Å². The first-order chi connectivity index (χ1) is 8.01. The standard InChI is InChI=1S/C12H24N2O3/c1-9(8-17-3)13-12(16)7-14(2)6-10-4-11(15)5-10/h9-11,15H,4-8H2,1-3H3,(H,13,16). The van der Waals surface area contributed by atoms with Gasteiger partial charge in [0.25, 0.3) is 0 Å². The third-order valence-electron chi connectivity index (χ3n) is 3.02. The number of amides is 1. The van der Waals surface area contributed by atoms with Crippen LogP contribution in [0, 0.1) is 5.92 Å². The maximum atomic E-state index is 11.6.